The number of halogens is 4. The van der Waals surface area contributed by atoms with Gasteiger partial charge >= 0.3 is 6.61 Å². The van der Waals surface area contributed by atoms with E-state index >= 15 is 0 Å². The zero-order valence-corrected chi connectivity index (χ0v) is 12.8. The van der Waals surface area contributed by atoms with Crippen LogP contribution in [0.25, 0.3) is 0 Å². The average Bonchev–Trinajstić information content (AvgIpc) is 2.47. The third kappa shape index (κ3) is 4.63. The molecular weight excluding hydrogens is 331 g/mol. The lowest BCUT2D eigenvalue weighted by molar-refractivity contribution is -0.0498. The van der Waals surface area contributed by atoms with Crippen LogP contribution in [0.2, 0.25) is 5.02 Å². The Morgan fingerprint density at radius 1 is 1.17 bits per heavy atom. The number of amides is 1. The summed E-state index contributed by atoms with van der Waals surface area (Å²) in [6.07, 6.45) is 0. The van der Waals surface area contributed by atoms with Gasteiger partial charge in [-0.15, -0.1) is 0 Å². The van der Waals surface area contributed by atoms with E-state index in [2.05, 4.69) is 10.1 Å². The van der Waals surface area contributed by atoms with E-state index in [0.717, 1.165) is 6.07 Å². The van der Waals surface area contributed by atoms with Gasteiger partial charge in [-0.1, -0.05) is 23.7 Å². The molecule has 0 aliphatic rings. The van der Waals surface area contributed by atoms with Gasteiger partial charge in [0.25, 0.3) is 5.91 Å². The first-order chi connectivity index (χ1) is 10.9. The highest BCUT2D eigenvalue weighted by atomic mass is 35.5. The Labute approximate surface area is 136 Å². The Bertz CT molecular complexity index is 692. The molecule has 1 amide bonds. The Hall–Kier alpha value is -2.21. The summed E-state index contributed by atoms with van der Waals surface area (Å²) >= 11 is 5.64. The minimum atomic E-state index is -2.90. The molecule has 3 nitrogen and oxygen atoms in total. The van der Waals surface area contributed by atoms with Crippen LogP contribution in [0.1, 0.15) is 28.9 Å². The van der Waals surface area contributed by atoms with Crippen LogP contribution in [0, 0.1) is 5.82 Å². The largest absolute Gasteiger partial charge is 0.435 e. The number of ether oxygens (including phenoxy) is 1. The van der Waals surface area contributed by atoms with Crippen LogP contribution in [0.3, 0.4) is 0 Å². The summed E-state index contributed by atoms with van der Waals surface area (Å²) in [5, 5.41) is 2.82. The van der Waals surface area contributed by atoms with Gasteiger partial charge in [0, 0.05) is 5.02 Å². The third-order valence-electron chi connectivity index (χ3n) is 3.13. The maximum atomic E-state index is 13.7. The second-order valence-electron chi connectivity index (χ2n) is 4.77. The van der Waals surface area contributed by atoms with E-state index in [9.17, 15) is 18.0 Å². The number of rotatable bonds is 5. The van der Waals surface area contributed by atoms with Crippen LogP contribution in [-0.2, 0) is 0 Å². The maximum Gasteiger partial charge on any atom is 0.387 e. The van der Waals surface area contributed by atoms with Crippen molar-refractivity contribution < 1.29 is 22.7 Å². The lowest BCUT2D eigenvalue weighted by Crippen LogP contribution is -2.27. The lowest BCUT2D eigenvalue weighted by Gasteiger charge is -2.15. The molecule has 0 unspecified atom stereocenters. The van der Waals surface area contributed by atoms with Gasteiger partial charge in [0.05, 0.1) is 11.6 Å². The van der Waals surface area contributed by atoms with Crippen molar-refractivity contribution >= 4 is 17.5 Å². The number of hydrogen-bond donors (Lipinski definition) is 1. The summed E-state index contributed by atoms with van der Waals surface area (Å²) in [7, 11) is 0. The van der Waals surface area contributed by atoms with E-state index in [1.807, 2.05) is 0 Å². The smallest absolute Gasteiger partial charge is 0.387 e. The lowest BCUT2D eigenvalue weighted by atomic mass is 10.1. The minimum Gasteiger partial charge on any atom is -0.435 e. The van der Waals surface area contributed by atoms with Gasteiger partial charge < -0.3 is 10.1 Å². The highest BCUT2D eigenvalue weighted by molar-refractivity contribution is 6.30. The van der Waals surface area contributed by atoms with E-state index in [1.165, 1.54) is 24.3 Å². The molecule has 23 heavy (non-hydrogen) atoms. The van der Waals surface area contributed by atoms with Crippen LogP contribution in [0.5, 0.6) is 5.75 Å². The fourth-order valence-corrected chi connectivity index (χ4v) is 2.13. The van der Waals surface area contributed by atoms with Crippen LogP contribution >= 0.6 is 11.6 Å². The predicted molar refractivity (Wildman–Crippen MR) is 80.4 cm³/mol. The molecule has 0 bridgehead atoms. The van der Waals surface area contributed by atoms with Gasteiger partial charge in [-0.05, 0) is 42.8 Å². The molecule has 0 fully saturated rings. The summed E-state index contributed by atoms with van der Waals surface area (Å²) in [4.78, 5) is 12.1. The van der Waals surface area contributed by atoms with Gasteiger partial charge in [-0.25, -0.2) is 4.39 Å². The van der Waals surface area contributed by atoms with Gasteiger partial charge in [0.15, 0.2) is 0 Å². The first kappa shape index (κ1) is 17.1. The molecule has 2 rings (SSSR count). The first-order valence-corrected chi connectivity index (χ1v) is 7.05. The monoisotopic (exact) mass is 343 g/mol. The summed E-state index contributed by atoms with van der Waals surface area (Å²) < 4.78 is 42.1. The summed E-state index contributed by atoms with van der Waals surface area (Å²) in [6, 6.07) is 9.14. The topological polar surface area (TPSA) is 38.3 Å². The molecule has 0 spiro atoms. The van der Waals surface area contributed by atoms with Gasteiger partial charge in [0.2, 0.25) is 0 Å². The quantitative estimate of drug-likeness (QED) is 0.863. The molecule has 0 saturated carbocycles. The standard InChI is InChI=1S/C16H13ClF3NO2/c1-9(10-2-5-12(6-3-10)23-16(19)20)21-15(22)13-7-4-11(17)8-14(13)18/h2-9,16H,1H3,(H,21,22)/t9-/m0/s1. The Kier molecular flexibility index (Phi) is 5.50. The van der Waals surface area contributed by atoms with E-state index < -0.39 is 24.4 Å². The van der Waals surface area contributed by atoms with E-state index in [-0.39, 0.29) is 16.3 Å². The third-order valence-corrected chi connectivity index (χ3v) is 3.36. The molecule has 7 heteroatoms. The van der Waals surface area contributed by atoms with Crippen LogP contribution in [0.15, 0.2) is 42.5 Å². The molecule has 0 radical (unpaired) electrons. The summed E-state index contributed by atoms with van der Waals surface area (Å²) in [5.74, 6) is -1.30. The van der Waals surface area contributed by atoms with Crippen molar-refractivity contribution in [2.45, 2.75) is 19.6 Å². The van der Waals surface area contributed by atoms with E-state index in [1.54, 1.807) is 19.1 Å². The number of hydrogen-bond acceptors (Lipinski definition) is 2. The van der Waals surface area contributed by atoms with Crippen molar-refractivity contribution in [3.05, 3.63) is 64.4 Å². The van der Waals surface area contributed by atoms with Crippen molar-refractivity contribution in [2.24, 2.45) is 0 Å². The SMILES string of the molecule is C[C@H](NC(=O)c1ccc(Cl)cc1F)c1ccc(OC(F)F)cc1. The van der Waals surface area contributed by atoms with Gasteiger partial charge in [-0.3, -0.25) is 4.79 Å². The van der Waals surface area contributed by atoms with Crippen LogP contribution in [-0.4, -0.2) is 12.5 Å². The van der Waals surface area contributed by atoms with E-state index in [0.29, 0.717) is 5.56 Å². The summed E-state index contributed by atoms with van der Waals surface area (Å²) in [6.45, 7) is -1.21. The van der Waals surface area contributed by atoms with Crippen LogP contribution < -0.4 is 10.1 Å². The van der Waals surface area contributed by atoms with Gasteiger partial charge in [-0.2, -0.15) is 8.78 Å². The van der Waals surface area contributed by atoms with Crippen molar-refractivity contribution in [1.29, 1.82) is 0 Å². The van der Waals surface area contributed by atoms with Crippen molar-refractivity contribution in [2.75, 3.05) is 0 Å². The molecule has 0 aliphatic heterocycles. The highest BCUT2D eigenvalue weighted by Gasteiger charge is 2.15. The Morgan fingerprint density at radius 2 is 1.83 bits per heavy atom. The van der Waals surface area contributed by atoms with Crippen LogP contribution in [0.4, 0.5) is 13.2 Å². The summed E-state index contributed by atoms with van der Waals surface area (Å²) in [5.41, 5.74) is 0.535. The average molecular weight is 344 g/mol. The molecule has 1 atom stereocenters. The first-order valence-electron chi connectivity index (χ1n) is 6.67. The molecule has 2 aromatic rings. The molecule has 2 aromatic carbocycles. The molecular formula is C16H13ClF3NO2. The predicted octanol–water partition coefficient (Wildman–Crippen LogP) is 4.57. The Balaban J connectivity index is 2.06. The molecule has 122 valence electrons. The molecule has 0 aliphatic carbocycles. The number of nitrogens with one attached hydrogen (secondary N) is 1. The minimum absolute atomic E-state index is 0.0195. The zero-order chi connectivity index (χ0) is 17.0. The zero-order valence-electron chi connectivity index (χ0n) is 12.0. The van der Waals surface area contributed by atoms with Crippen molar-refractivity contribution in [3.8, 4) is 5.75 Å². The normalized spacial score (nSPS) is 12.1. The fourth-order valence-electron chi connectivity index (χ4n) is 1.97. The number of benzene rings is 2. The molecule has 0 aromatic heterocycles. The Morgan fingerprint density at radius 3 is 2.39 bits per heavy atom. The second kappa shape index (κ2) is 7.37. The van der Waals surface area contributed by atoms with Crippen molar-refractivity contribution in [1.82, 2.24) is 5.32 Å². The number of carbonyl (C=O) groups excluding carboxylic acids is 1. The molecule has 0 saturated heterocycles. The highest BCUT2D eigenvalue weighted by Crippen LogP contribution is 2.20. The van der Waals surface area contributed by atoms with Gasteiger partial charge in [0.1, 0.15) is 11.6 Å². The maximum absolute atomic E-state index is 13.7. The molecule has 0 heterocycles. The van der Waals surface area contributed by atoms with E-state index in [4.69, 9.17) is 11.6 Å². The second-order valence-corrected chi connectivity index (χ2v) is 5.20. The number of alkyl halides is 2. The van der Waals surface area contributed by atoms with Crippen molar-refractivity contribution in [3.63, 3.8) is 0 Å². The number of carbonyl (C=O) groups is 1. The molecule has 1 N–H and O–H groups in total. The fraction of sp³-hybridized carbons (Fsp3) is 0.188.